The summed E-state index contributed by atoms with van der Waals surface area (Å²) >= 11 is 0. The predicted octanol–water partition coefficient (Wildman–Crippen LogP) is 3.22. The van der Waals surface area contributed by atoms with Crippen LogP contribution in [0.4, 0.5) is 5.95 Å². The predicted molar refractivity (Wildman–Crippen MR) is 98.5 cm³/mol. The first kappa shape index (κ1) is 16.3. The number of amides is 1. The van der Waals surface area contributed by atoms with Gasteiger partial charge in [0.05, 0.1) is 5.41 Å². The number of hydrogen-bond donors (Lipinski definition) is 1. The lowest BCUT2D eigenvalue weighted by atomic mass is 9.91. The van der Waals surface area contributed by atoms with Gasteiger partial charge in [-0.1, -0.05) is 30.3 Å². The summed E-state index contributed by atoms with van der Waals surface area (Å²) in [6.07, 6.45) is 3.35. The fourth-order valence-electron chi connectivity index (χ4n) is 3.22. The fourth-order valence-corrected chi connectivity index (χ4v) is 3.22. The maximum absolute atomic E-state index is 13.0. The molecule has 0 unspecified atom stereocenters. The molecule has 6 heteroatoms. The molecule has 6 nitrogen and oxygen atoms in total. The van der Waals surface area contributed by atoms with Gasteiger partial charge in [-0.25, -0.2) is 4.98 Å². The van der Waals surface area contributed by atoms with Crippen molar-refractivity contribution in [3.05, 3.63) is 65.6 Å². The lowest BCUT2D eigenvalue weighted by Crippen LogP contribution is -2.29. The van der Waals surface area contributed by atoms with Crippen LogP contribution >= 0.6 is 0 Å². The van der Waals surface area contributed by atoms with E-state index in [4.69, 9.17) is 0 Å². The van der Waals surface area contributed by atoms with Gasteiger partial charge in [0.2, 0.25) is 11.9 Å². The highest BCUT2D eigenvalue weighted by Crippen LogP contribution is 2.49. The average Bonchev–Trinajstić information content (AvgIpc) is 3.44. The number of pyridine rings is 1. The van der Waals surface area contributed by atoms with Crippen LogP contribution in [0, 0.1) is 13.8 Å². The molecular weight excluding hydrogens is 326 g/mol. The van der Waals surface area contributed by atoms with Crippen LogP contribution in [0.15, 0.2) is 48.7 Å². The Bertz CT molecular complexity index is 967. The van der Waals surface area contributed by atoms with Crippen LogP contribution in [0.5, 0.6) is 0 Å². The molecule has 1 aromatic carbocycles. The van der Waals surface area contributed by atoms with Gasteiger partial charge in [-0.15, -0.1) is 0 Å². The second-order valence-corrected chi connectivity index (χ2v) is 6.60. The Morgan fingerprint density at radius 3 is 2.46 bits per heavy atom. The molecule has 1 N–H and O–H groups in total. The molecule has 0 atom stereocenters. The lowest BCUT2D eigenvalue weighted by Gasteiger charge is -2.17. The first-order valence-electron chi connectivity index (χ1n) is 8.60. The van der Waals surface area contributed by atoms with Gasteiger partial charge in [0.25, 0.3) is 0 Å². The van der Waals surface area contributed by atoms with Crippen molar-refractivity contribution in [3.63, 3.8) is 0 Å². The second kappa shape index (κ2) is 6.29. The van der Waals surface area contributed by atoms with E-state index in [1.54, 1.807) is 13.1 Å². The standard InChI is InChI=1S/C20H19N5O/c1-13-7-3-4-8-15(13)20(10-11-20)18(26)25-19-23-14(2)22-17(24-19)16-9-5-6-12-21-16/h3-9,12H,10-11H2,1-2H3,(H,22,23,24,25,26). The van der Waals surface area contributed by atoms with Crippen molar-refractivity contribution < 1.29 is 4.79 Å². The maximum atomic E-state index is 13.0. The van der Waals surface area contributed by atoms with E-state index in [-0.39, 0.29) is 11.9 Å². The molecule has 1 amide bonds. The summed E-state index contributed by atoms with van der Waals surface area (Å²) in [5.41, 5.74) is 2.37. The molecule has 1 saturated carbocycles. The Morgan fingerprint density at radius 1 is 1.00 bits per heavy atom. The summed E-state index contributed by atoms with van der Waals surface area (Å²) in [5, 5.41) is 2.89. The summed E-state index contributed by atoms with van der Waals surface area (Å²) in [7, 11) is 0. The summed E-state index contributed by atoms with van der Waals surface area (Å²) in [6, 6.07) is 13.6. The molecule has 0 saturated heterocycles. The maximum Gasteiger partial charge on any atom is 0.237 e. The molecule has 1 aliphatic rings. The highest BCUT2D eigenvalue weighted by atomic mass is 16.2. The SMILES string of the molecule is Cc1nc(NC(=O)C2(c3ccccc3C)CC2)nc(-c2ccccn2)n1. The zero-order chi connectivity index (χ0) is 18.1. The van der Waals surface area contributed by atoms with E-state index in [1.165, 1.54) is 0 Å². The monoisotopic (exact) mass is 345 g/mol. The van der Waals surface area contributed by atoms with E-state index in [0.29, 0.717) is 17.3 Å². The Kier molecular flexibility index (Phi) is 3.95. The zero-order valence-corrected chi connectivity index (χ0v) is 14.7. The number of carbonyl (C=O) groups is 1. The number of nitrogens with one attached hydrogen (secondary N) is 1. The summed E-state index contributed by atoms with van der Waals surface area (Å²) in [5.74, 6) is 1.19. The molecule has 0 radical (unpaired) electrons. The van der Waals surface area contributed by atoms with Gasteiger partial charge < -0.3 is 0 Å². The van der Waals surface area contributed by atoms with E-state index >= 15 is 0 Å². The van der Waals surface area contributed by atoms with E-state index in [2.05, 4.69) is 25.3 Å². The number of aryl methyl sites for hydroxylation is 2. The molecule has 4 rings (SSSR count). The molecule has 0 spiro atoms. The third-order valence-electron chi connectivity index (χ3n) is 4.71. The van der Waals surface area contributed by atoms with Gasteiger partial charge in [0, 0.05) is 6.20 Å². The molecular formula is C20H19N5O. The fraction of sp³-hybridized carbons (Fsp3) is 0.250. The van der Waals surface area contributed by atoms with Crippen LogP contribution in [-0.4, -0.2) is 25.8 Å². The van der Waals surface area contributed by atoms with E-state index in [9.17, 15) is 4.79 Å². The number of aromatic nitrogens is 4. The molecule has 0 bridgehead atoms. The molecule has 3 aromatic rings. The van der Waals surface area contributed by atoms with Crippen LogP contribution in [0.3, 0.4) is 0 Å². The minimum atomic E-state index is -0.475. The van der Waals surface area contributed by atoms with Crippen LogP contribution in [0.2, 0.25) is 0 Å². The Balaban J connectivity index is 1.63. The van der Waals surface area contributed by atoms with Gasteiger partial charge in [-0.3, -0.25) is 15.1 Å². The molecule has 0 aliphatic heterocycles. The molecule has 26 heavy (non-hydrogen) atoms. The minimum absolute atomic E-state index is 0.0654. The quantitative estimate of drug-likeness (QED) is 0.785. The van der Waals surface area contributed by atoms with E-state index < -0.39 is 5.41 Å². The first-order valence-corrected chi connectivity index (χ1v) is 8.60. The third kappa shape index (κ3) is 2.94. The normalized spacial score (nSPS) is 14.7. The van der Waals surface area contributed by atoms with Crippen molar-refractivity contribution >= 4 is 11.9 Å². The van der Waals surface area contributed by atoms with Crippen LogP contribution in [0.25, 0.3) is 11.5 Å². The largest absolute Gasteiger partial charge is 0.294 e. The smallest absolute Gasteiger partial charge is 0.237 e. The molecule has 1 fully saturated rings. The van der Waals surface area contributed by atoms with E-state index in [0.717, 1.165) is 24.0 Å². The number of carbonyl (C=O) groups excluding carboxylic acids is 1. The highest BCUT2D eigenvalue weighted by Gasteiger charge is 2.52. The topological polar surface area (TPSA) is 80.7 Å². The number of benzene rings is 1. The number of nitrogens with zero attached hydrogens (tertiary/aromatic N) is 4. The van der Waals surface area contributed by atoms with E-state index in [1.807, 2.05) is 49.4 Å². The summed E-state index contributed by atoms with van der Waals surface area (Å²) in [4.78, 5) is 30.2. The van der Waals surface area contributed by atoms with Crippen molar-refractivity contribution in [1.82, 2.24) is 19.9 Å². The first-order chi connectivity index (χ1) is 12.6. The van der Waals surface area contributed by atoms with Gasteiger partial charge >= 0.3 is 0 Å². The van der Waals surface area contributed by atoms with Gasteiger partial charge in [0.15, 0.2) is 5.82 Å². The summed E-state index contributed by atoms with van der Waals surface area (Å²) in [6.45, 7) is 3.81. The van der Waals surface area contributed by atoms with Crippen LogP contribution in [0.1, 0.15) is 29.8 Å². The van der Waals surface area contributed by atoms with Crippen LogP contribution in [-0.2, 0) is 10.2 Å². The van der Waals surface area contributed by atoms with Crippen molar-refractivity contribution in [2.75, 3.05) is 5.32 Å². The minimum Gasteiger partial charge on any atom is -0.294 e. The number of hydrogen-bond acceptors (Lipinski definition) is 5. The third-order valence-corrected chi connectivity index (χ3v) is 4.71. The number of rotatable bonds is 4. The molecule has 2 heterocycles. The highest BCUT2D eigenvalue weighted by molar-refractivity contribution is 6.00. The Labute approximate surface area is 151 Å². The molecule has 2 aromatic heterocycles. The molecule has 1 aliphatic carbocycles. The Hall–Kier alpha value is -3.15. The van der Waals surface area contributed by atoms with Gasteiger partial charge in [-0.05, 0) is 49.9 Å². The van der Waals surface area contributed by atoms with Crippen molar-refractivity contribution in [2.45, 2.75) is 32.1 Å². The van der Waals surface area contributed by atoms with Crippen LogP contribution < -0.4 is 5.32 Å². The van der Waals surface area contributed by atoms with Gasteiger partial charge in [0.1, 0.15) is 11.5 Å². The van der Waals surface area contributed by atoms with Crippen molar-refractivity contribution in [1.29, 1.82) is 0 Å². The Morgan fingerprint density at radius 2 is 1.77 bits per heavy atom. The number of anilines is 1. The van der Waals surface area contributed by atoms with Gasteiger partial charge in [-0.2, -0.15) is 9.97 Å². The second-order valence-electron chi connectivity index (χ2n) is 6.60. The van der Waals surface area contributed by atoms with Crippen molar-refractivity contribution in [3.8, 4) is 11.5 Å². The summed E-state index contributed by atoms with van der Waals surface area (Å²) < 4.78 is 0. The lowest BCUT2D eigenvalue weighted by molar-refractivity contribution is -0.118. The molecule has 130 valence electrons. The average molecular weight is 345 g/mol. The van der Waals surface area contributed by atoms with Crippen molar-refractivity contribution in [2.24, 2.45) is 0 Å². The zero-order valence-electron chi connectivity index (χ0n) is 14.7.